The molecule has 0 aliphatic heterocycles. The first-order chi connectivity index (χ1) is 9.58. The zero-order valence-electron chi connectivity index (χ0n) is 10.4. The number of pyridine rings is 1. The Balaban J connectivity index is 2.04. The molecule has 0 saturated heterocycles. The molecule has 0 fully saturated rings. The highest BCUT2D eigenvalue weighted by Crippen LogP contribution is 2.14. The van der Waals surface area contributed by atoms with Crippen LogP contribution in [0, 0.1) is 5.82 Å². The fourth-order valence-electron chi connectivity index (χ4n) is 1.53. The van der Waals surface area contributed by atoms with Gasteiger partial charge in [-0.25, -0.2) is 9.37 Å². The highest BCUT2D eigenvalue weighted by atomic mass is 32.2. The quantitative estimate of drug-likeness (QED) is 0.895. The molecule has 20 heavy (non-hydrogen) atoms. The Morgan fingerprint density at radius 2 is 2.05 bits per heavy atom. The Hall–Kier alpha value is -2.28. The molecule has 1 aromatic heterocycles. The summed E-state index contributed by atoms with van der Waals surface area (Å²) in [6.07, 6.45) is 1.44. The molecule has 2 aromatic rings. The topological polar surface area (TPSA) is 85.1 Å². The van der Waals surface area contributed by atoms with E-state index in [2.05, 4.69) is 10.3 Å². The van der Waals surface area contributed by atoms with E-state index in [1.807, 2.05) is 0 Å². The van der Waals surface area contributed by atoms with E-state index in [4.69, 9.17) is 5.73 Å². The van der Waals surface area contributed by atoms with Crippen LogP contribution in [-0.2, 0) is 15.6 Å². The van der Waals surface area contributed by atoms with Crippen molar-refractivity contribution in [2.45, 2.75) is 5.03 Å². The number of benzene rings is 1. The van der Waals surface area contributed by atoms with Gasteiger partial charge in [0.15, 0.2) is 5.03 Å². The Labute approximate surface area is 117 Å². The number of amides is 1. The van der Waals surface area contributed by atoms with Crippen molar-refractivity contribution in [1.82, 2.24) is 4.98 Å². The number of hydrogen-bond acceptors (Lipinski definition) is 4. The van der Waals surface area contributed by atoms with Crippen LogP contribution in [0.5, 0.6) is 0 Å². The summed E-state index contributed by atoms with van der Waals surface area (Å²) in [4.78, 5) is 15.6. The van der Waals surface area contributed by atoms with Gasteiger partial charge in [0.25, 0.3) is 0 Å². The molecule has 5 nitrogen and oxygen atoms in total. The number of aromatic nitrogens is 1. The predicted molar refractivity (Wildman–Crippen MR) is 75.0 cm³/mol. The summed E-state index contributed by atoms with van der Waals surface area (Å²) in [5.41, 5.74) is 5.93. The van der Waals surface area contributed by atoms with Crippen LogP contribution in [0.3, 0.4) is 0 Å². The fraction of sp³-hybridized carbons (Fsp3) is 0.0769. The zero-order chi connectivity index (χ0) is 14.5. The monoisotopic (exact) mass is 293 g/mol. The van der Waals surface area contributed by atoms with Crippen LogP contribution in [0.15, 0.2) is 47.6 Å². The van der Waals surface area contributed by atoms with Crippen molar-refractivity contribution in [1.29, 1.82) is 0 Å². The van der Waals surface area contributed by atoms with E-state index in [0.29, 0.717) is 0 Å². The average molecular weight is 293 g/mol. The third-order valence-electron chi connectivity index (χ3n) is 2.43. The molecule has 3 N–H and O–H groups in total. The third kappa shape index (κ3) is 3.39. The van der Waals surface area contributed by atoms with Crippen molar-refractivity contribution in [3.63, 3.8) is 0 Å². The summed E-state index contributed by atoms with van der Waals surface area (Å²) < 4.78 is 25.3. The summed E-state index contributed by atoms with van der Waals surface area (Å²) in [7, 11) is -1.68. The lowest BCUT2D eigenvalue weighted by atomic mass is 10.3. The van der Waals surface area contributed by atoms with Crippen LogP contribution in [0.25, 0.3) is 0 Å². The number of hydrogen-bond donors (Lipinski definition) is 2. The van der Waals surface area contributed by atoms with Crippen molar-refractivity contribution in [2.24, 2.45) is 0 Å². The number of rotatable bonds is 4. The molecule has 1 aromatic carbocycles. The van der Waals surface area contributed by atoms with Gasteiger partial charge in [0.1, 0.15) is 11.6 Å². The molecule has 0 saturated carbocycles. The van der Waals surface area contributed by atoms with Gasteiger partial charge in [0.2, 0.25) is 5.91 Å². The first kappa shape index (κ1) is 14.1. The Kier molecular flexibility index (Phi) is 4.41. The molecule has 1 amide bonds. The lowest BCUT2D eigenvalue weighted by molar-refractivity contribution is -0.113. The van der Waals surface area contributed by atoms with E-state index in [9.17, 15) is 13.4 Å². The predicted octanol–water partition coefficient (Wildman–Crippen LogP) is 1.55. The minimum Gasteiger partial charge on any atom is -0.396 e. The minimum atomic E-state index is -1.68. The second-order valence-electron chi connectivity index (χ2n) is 3.92. The lowest BCUT2D eigenvalue weighted by Crippen LogP contribution is -2.21. The number of nitrogens with one attached hydrogen (secondary N) is 1. The highest BCUT2D eigenvalue weighted by Gasteiger charge is 2.15. The fourth-order valence-corrected chi connectivity index (χ4v) is 2.49. The van der Waals surface area contributed by atoms with E-state index in [0.717, 1.165) is 0 Å². The first-order valence-corrected chi connectivity index (χ1v) is 7.03. The van der Waals surface area contributed by atoms with Gasteiger partial charge in [-0.05, 0) is 24.3 Å². The van der Waals surface area contributed by atoms with Gasteiger partial charge in [-0.2, -0.15) is 0 Å². The van der Waals surface area contributed by atoms with E-state index < -0.39 is 22.5 Å². The SMILES string of the molecule is Nc1cccnc1S(=O)CC(=O)Nc1ccccc1F. The molecule has 0 spiro atoms. The van der Waals surface area contributed by atoms with Crippen molar-refractivity contribution < 1.29 is 13.4 Å². The molecule has 0 aliphatic rings. The van der Waals surface area contributed by atoms with E-state index in [-0.39, 0.29) is 22.2 Å². The summed E-state index contributed by atoms with van der Waals surface area (Å²) in [6.45, 7) is 0. The average Bonchev–Trinajstić information content (AvgIpc) is 2.41. The second kappa shape index (κ2) is 6.25. The number of halogens is 1. The van der Waals surface area contributed by atoms with Crippen molar-refractivity contribution in [2.75, 3.05) is 16.8 Å². The molecule has 0 radical (unpaired) electrons. The van der Waals surface area contributed by atoms with Gasteiger partial charge < -0.3 is 11.1 Å². The molecule has 0 bridgehead atoms. The molecular weight excluding hydrogens is 281 g/mol. The Morgan fingerprint density at radius 1 is 1.30 bits per heavy atom. The van der Waals surface area contributed by atoms with E-state index in [1.54, 1.807) is 18.2 Å². The standard InChI is InChI=1S/C13H12FN3O2S/c14-9-4-1-2-6-11(9)17-12(18)8-20(19)13-10(15)5-3-7-16-13/h1-7H,8,15H2,(H,17,18). The smallest absolute Gasteiger partial charge is 0.237 e. The summed E-state index contributed by atoms with van der Waals surface area (Å²) in [6, 6.07) is 8.91. The normalized spacial score (nSPS) is 11.8. The van der Waals surface area contributed by atoms with Gasteiger partial charge in [-0.15, -0.1) is 0 Å². The van der Waals surface area contributed by atoms with Crippen LogP contribution < -0.4 is 11.1 Å². The van der Waals surface area contributed by atoms with Gasteiger partial charge in [0, 0.05) is 6.20 Å². The lowest BCUT2D eigenvalue weighted by Gasteiger charge is -2.07. The van der Waals surface area contributed by atoms with E-state index >= 15 is 0 Å². The number of anilines is 2. The van der Waals surface area contributed by atoms with Crippen molar-refractivity contribution in [3.05, 3.63) is 48.4 Å². The number of carbonyl (C=O) groups is 1. The molecule has 1 unspecified atom stereocenters. The molecule has 1 atom stereocenters. The van der Waals surface area contributed by atoms with Crippen LogP contribution in [0.2, 0.25) is 0 Å². The van der Waals surface area contributed by atoms with Crippen LogP contribution in [0.1, 0.15) is 0 Å². The highest BCUT2D eigenvalue weighted by molar-refractivity contribution is 7.85. The third-order valence-corrected chi connectivity index (χ3v) is 3.72. The zero-order valence-corrected chi connectivity index (χ0v) is 11.2. The molecule has 104 valence electrons. The molecule has 7 heteroatoms. The van der Waals surface area contributed by atoms with Crippen LogP contribution in [-0.4, -0.2) is 20.9 Å². The maximum Gasteiger partial charge on any atom is 0.237 e. The maximum atomic E-state index is 13.4. The van der Waals surface area contributed by atoms with Gasteiger partial charge in [0.05, 0.1) is 22.2 Å². The summed E-state index contributed by atoms with van der Waals surface area (Å²) >= 11 is 0. The largest absolute Gasteiger partial charge is 0.396 e. The number of carbonyl (C=O) groups excluding carboxylic acids is 1. The maximum absolute atomic E-state index is 13.4. The number of para-hydroxylation sites is 1. The van der Waals surface area contributed by atoms with E-state index in [1.165, 1.54) is 24.4 Å². The minimum absolute atomic E-state index is 0.0449. The molecule has 2 rings (SSSR count). The number of nitrogens with two attached hydrogens (primary N) is 1. The molecule has 1 heterocycles. The van der Waals surface area contributed by atoms with Gasteiger partial charge >= 0.3 is 0 Å². The summed E-state index contributed by atoms with van der Waals surface area (Å²) in [5.74, 6) is -1.46. The molecular formula is C13H12FN3O2S. The first-order valence-electron chi connectivity index (χ1n) is 5.71. The van der Waals surface area contributed by atoms with Crippen molar-refractivity contribution >= 4 is 28.1 Å². The molecule has 0 aliphatic carbocycles. The van der Waals surface area contributed by atoms with Gasteiger partial charge in [-0.1, -0.05) is 12.1 Å². The number of nitrogens with zero attached hydrogens (tertiary/aromatic N) is 1. The Bertz CT molecular complexity index is 664. The number of nitrogen functional groups attached to an aromatic ring is 1. The Morgan fingerprint density at radius 3 is 2.75 bits per heavy atom. The second-order valence-corrected chi connectivity index (χ2v) is 5.28. The van der Waals surface area contributed by atoms with Crippen LogP contribution >= 0.6 is 0 Å². The van der Waals surface area contributed by atoms with Crippen LogP contribution in [0.4, 0.5) is 15.8 Å². The summed E-state index contributed by atoms with van der Waals surface area (Å²) in [5, 5.41) is 2.50. The van der Waals surface area contributed by atoms with Gasteiger partial charge in [-0.3, -0.25) is 9.00 Å². The van der Waals surface area contributed by atoms with Crippen molar-refractivity contribution in [3.8, 4) is 0 Å².